The van der Waals surface area contributed by atoms with Crippen LogP contribution in [0.25, 0.3) is 0 Å². The first-order valence-corrected chi connectivity index (χ1v) is 9.38. The van der Waals surface area contributed by atoms with Gasteiger partial charge in [-0.25, -0.2) is 5.43 Å². The molecule has 4 heteroatoms. The number of amides is 1. The van der Waals surface area contributed by atoms with E-state index in [9.17, 15) is 4.79 Å². The highest BCUT2D eigenvalue weighted by Gasteiger charge is 2.13. The van der Waals surface area contributed by atoms with Crippen LogP contribution in [0.15, 0.2) is 58.5 Å². The number of benzene rings is 2. The quantitative estimate of drug-likeness (QED) is 0.470. The Morgan fingerprint density at radius 3 is 2.20 bits per heavy atom. The molecule has 0 unspecified atom stereocenters. The summed E-state index contributed by atoms with van der Waals surface area (Å²) in [7, 11) is 0. The van der Waals surface area contributed by atoms with Crippen molar-refractivity contribution in [3.8, 4) is 0 Å². The second-order valence-electron chi connectivity index (χ2n) is 7.16. The van der Waals surface area contributed by atoms with E-state index < -0.39 is 0 Å². The minimum absolute atomic E-state index is 0.101. The van der Waals surface area contributed by atoms with Gasteiger partial charge in [0, 0.05) is 4.90 Å². The minimum atomic E-state index is -0.101. The van der Waals surface area contributed by atoms with Crippen LogP contribution in [0.4, 0.5) is 0 Å². The molecule has 0 saturated heterocycles. The van der Waals surface area contributed by atoms with Gasteiger partial charge in [0.05, 0.1) is 11.5 Å². The van der Waals surface area contributed by atoms with Crippen molar-refractivity contribution in [1.82, 2.24) is 5.43 Å². The predicted octanol–water partition coefficient (Wildman–Crippen LogP) is 4.93. The smallest absolute Gasteiger partial charge is 0.250 e. The van der Waals surface area contributed by atoms with E-state index in [1.54, 1.807) is 0 Å². The Morgan fingerprint density at radius 2 is 1.64 bits per heavy atom. The number of carbonyl (C=O) groups excluding carboxylic acids is 1. The van der Waals surface area contributed by atoms with Crippen LogP contribution in [0, 0.1) is 6.92 Å². The molecule has 0 spiro atoms. The van der Waals surface area contributed by atoms with E-state index >= 15 is 0 Å². The molecule has 0 aliphatic heterocycles. The maximum absolute atomic E-state index is 12.0. The average molecular weight is 355 g/mol. The SMILES string of the molecule is C/C(=N/NC(=O)CSc1ccc(C)cc1)c1ccc(C(C)(C)C)cc1. The maximum atomic E-state index is 12.0. The standard InChI is InChI=1S/C21H26N2OS/c1-15-6-12-19(13-7-15)25-14-20(24)23-22-16(2)17-8-10-18(11-9-17)21(3,4)5/h6-13H,14H2,1-5H3,(H,23,24)/b22-16-. The van der Waals surface area contributed by atoms with Crippen LogP contribution in [-0.2, 0) is 10.2 Å². The van der Waals surface area contributed by atoms with Crippen LogP contribution in [-0.4, -0.2) is 17.4 Å². The summed E-state index contributed by atoms with van der Waals surface area (Å²) in [5.74, 6) is 0.249. The fourth-order valence-corrected chi connectivity index (χ4v) is 2.93. The van der Waals surface area contributed by atoms with Crippen LogP contribution >= 0.6 is 11.8 Å². The molecule has 0 radical (unpaired) electrons. The van der Waals surface area contributed by atoms with Crippen molar-refractivity contribution in [2.45, 2.75) is 44.9 Å². The highest BCUT2D eigenvalue weighted by Crippen LogP contribution is 2.22. The molecule has 1 amide bonds. The largest absolute Gasteiger partial charge is 0.272 e. The number of carbonyl (C=O) groups is 1. The highest BCUT2D eigenvalue weighted by molar-refractivity contribution is 8.00. The van der Waals surface area contributed by atoms with Crippen LogP contribution in [0.1, 0.15) is 44.4 Å². The number of aryl methyl sites for hydroxylation is 1. The molecule has 0 atom stereocenters. The highest BCUT2D eigenvalue weighted by atomic mass is 32.2. The Morgan fingerprint density at radius 1 is 1.04 bits per heavy atom. The number of hydrogen-bond acceptors (Lipinski definition) is 3. The Labute approximate surface area is 154 Å². The van der Waals surface area contributed by atoms with Crippen LogP contribution in [0.2, 0.25) is 0 Å². The minimum Gasteiger partial charge on any atom is -0.272 e. The summed E-state index contributed by atoms with van der Waals surface area (Å²) >= 11 is 1.51. The van der Waals surface area contributed by atoms with Crippen molar-refractivity contribution >= 4 is 23.4 Å². The molecule has 2 rings (SSSR count). The summed E-state index contributed by atoms with van der Waals surface area (Å²) in [5.41, 5.74) is 7.07. The third kappa shape index (κ3) is 6.05. The fourth-order valence-electron chi connectivity index (χ4n) is 2.24. The van der Waals surface area contributed by atoms with Gasteiger partial charge in [0.1, 0.15) is 0 Å². The summed E-state index contributed by atoms with van der Waals surface area (Å²) in [5, 5.41) is 4.22. The zero-order valence-corrected chi connectivity index (χ0v) is 16.4. The fraction of sp³-hybridized carbons (Fsp3) is 0.333. The Hall–Kier alpha value is -2.07. The molecule has 0 aliphatic rings. The van der Waals surface area contributed by atoms with Gasteiger partial charge in [0.15, 0.2) is 0 Å². The van der Waals surface area contributed by atoms with E-state index in [4.69, 9.17) is 0 Å². The first-order valence-electron chi connectivity index (χ1n) is 8.39. The van der Waals surface area contributed by atoms with Crippen LogP contribution in [0.3, 0.4) is 0 Å². The summed E-state index contributed by atoms with van der Waals surface area (Å²) in [6.45, 7) is 10.5. The van der Waals surface area contributed by atoms with Gasteiger partial charge in [-0.3, -0.25) is 4.79 Å². The van der Waals surface area contributed by atoms with Gasteiger partial charge in [-0.15, -0.1) is 11.8 Å². The van der Waals surface area contributed by atoms with Crippen LogP contribution in [0.5, 0.6) is 0 Å². The first kappa shape index (κ1) is 19.3. The average Bonchev–Trinajstić information content (AvgIpc) is 2.58. The molecule has 0 heterocycles. The van der Waals surface area contributed by atoms with Gasteiger partial charge in [-0.1, -0.05) is 62.7 Å². The molecule has 25 heavy (non-hydrogen) atoms. The zero-order chi connectivity index (χ0) is 18.4. The lowest BCUT2D eigenvalue weighted by atomic mass is 9.86. The molecule has 132 valence electrons. The van der Waals surface area contributed by atoms with E-state index in [0.29, 0.717) is 5.75 Å². The van der Waals surface area contributed by atoms with E-state index in [0.717, 1.165) is 16.2 Å². The molecule has 0 fully saturated rings. The van der Waals surface area contributed by atoms with Crippen molar-refractivity contribution < 1.29 is 4.79 Å². The van der Waals surface area contributed by atoms with Gasteiger partial charge in [0.25, 0.3) is 0 Å². The van der Waals surface area contributed by atoms with Gasteiger partial charge >= 0.3 is 0 Å². The van der Waals surface area contributed by atoms with Crippen molar-refractivity contribution in [2.75, 3.05) is 5.75 Å². The number of hydrogen-bond donors (Lipinski definition) is 1. The summed E-state index contributed by atoms with van der Waals surface area (Å²) in [6, 6.07) is 16.5. The lowest BCUT2D eigenvalue weighted by molar-refractivity contribution is -0.118. The normalized spacial score (nSPS) is 12.1. The molecular weight excluding hydrogens is 328 g/mol. The Bertz CT molecular complexity index is 741. The number of rotatable bonds is 5. The van der Waals surface area contributed by atoms with Gasteiger partial charge in [-0.2, -0.15) is 5.10 Å². The number of thioether (sulfide) groups is 1. The summed E-state index contributed by atoms with van der Waals surface area (Å²) < 4.78 is 0. The third-order valence-corrected chi connectivity index (χ3v) is 4.92. The zero-order valence-electron chi connectivity index (χ0n) is 15.6. The van der Waals surface area contributed by atoms with E-state index in [1.165, 1.54) is 22.9 Å². The first-order chi connectivity index (χ1) is 11.8. The molecule has 0 aromatic heterocycles. The number of nitrogens with zero attached hydrogens (tertiary/aromatic N) is 1. The molecule has 0 bridgehead atoms. The molecule has 2 aromatic rings. The third-order valence-electron chi connectivity index (χ3n) is 3.91. The van der Waals surface area contributed by atoms with Crippen molar-refractivity contribution in [3.05, 3.63) is 65.2 Å². The lowest BCUT2D eigenvalue weighted by Gasteiger charge is -2.19. The van der Waals surface area contributed by atoms with Crippen molar-refractivity contribution in [2.24, 2.45) is 5.10 Å². The van der Waals surface area contributed by atoms with Gasteiger partial charge in [0.2, 0.25) is 5.91 Å². The summed E-state index contributed by atoms with van der Waals surface area (Å²) in [4.78, 5) is 13.0. The lowest BCUT2D eigenvalue weighted by Crippen LogP contribution is -2.21. The molecule has 2 aromatic carbocycles. The van der Waals surface area contributed by atoms with E-state index in [1.807, 2.05) is 50.2 Å². The molecule has 3 nitrogen and oxygen atoms in total. The molecular formula is C21H26N2OS. The monoisotopic (exact) mass is 354 g/mol. The van der Waals surface area contributed by atoms with Crippen LogP contribution < -0.4 is 5.43 Å². The summed E-state index contributed by atoms with van der Waals surface area (Å²) in [6.07, 6.45) is 0. The van der Waals surface area contributed by atoms with E-state index in [-0.39, 0.29) is 11.3 Å². The second-order valence-corrected chi connectivity index (χ2v) is 8.21. The molecule has 0 aliphatic carbocycles. The van der Waals surface area contributed by atoms with Crippen molar-refractivity contribution in [1.29, 1.82) is 0 Å². The number of nitrogens with one attached hydrogen (secondary N) is 1. The Balaban J connectivity index is 1.89. The van der Waals surface area contributed by atoms with Crippen molar-refractivity contribution in [3.63, 3.8) is 0 Å². The van der Waals surface area contributed by atoms with Gasteiger partial charge < -0.3 is 0 Å². The topological polar surface area (TPSA) is 41.5 Å². The maximum Gasteiger partial charge on any atom is 0.250 e. The predicted molar refractivity (Wildman–Crippen MR) is 107 cm³/mol. The van der Waals surface area contributed by atoms with Gasteiger partial charge in [-0.05, 0) is 42.5 Å². The molecule has 1 N–H and O–H groups in total. The van der Waals surface area contributed by atoms with E-state index in [2.05, 4.69) is 43.4 Å². The second kappa shape index (κ2) is 8.34. The number of hydrazone groups is 1. The molecule has 0 saturated carbocycles. The Kier molecular flexibility index (Phi) is 6.43.